The third kappa shape index (κ3) is 6.25. The van der Waals surface area contributed by atoms with Crippen molar-refractivity contribution in [1.29, 1.82) is 0 Å². The van der Waals surface area contributed by atoms with Crippen LogP contribution in [-0.2, 0) is 33.7 Å². The number of carbonyl (C=O) groups is 1. The third-order valence-electron chi connectivity index (χ3n) is 6.12. The summed E-state index contributed by atoms with van der Waals surface area (Å²) in [5.41, 5.74) is 1.06. The van der Waals surface area contributed by atoms with E-state index in [1.54, 1.807) is 18.2 Å². The van der Waals surface area contributed by atoms with E-state index in [0.717, 1.165) is 5.56 Å². The topological polar surface area (TPSA) is 102 Å². The molecular formula is C26H27Cl2N3O5. The number of H-pyrrole nitrogens is 1. The molecule has 2 heterocycles. The van der Waals surface area contributed by atoms with Gasteiger partial charge in [0.15, 0.2) is 0 Å². The lowest BCUT2D eigenvalue weighted by Gasteiger charge is -2.20. The summed E-state index contributed by atoms with van der Waals surface area (Å²) in [6, 6.07) is 14.8. The molecule has 4 rings (SSSR count). The van der Waals surface area contributed by atoms with Gasteiger partial charge in [0.2, 0.25) is 5.91 Å². The summed E-state index contributed by atoms with van der Waals surface area (Å²) in [6.07, 6.45) is 0.820. The van der Waals surface area contributed by atoms with E-state index in [-0.39, 0.29) is 18.9 Å². The van der Waals surface area contributed by atoms with Crippen molar-refractivity contribution in [3.8, 4) is 0 Å². The van der Waals surface area contributed by atoms with Gasteiger partial charge in [0.05, 0.1) is 19.1 Å². The fraction of sp³-hybridized carbons (Fsp3) is 0.346. The van der Waals surface area contributed by atoms with Crippen LogP contribution >= 0.6 is 23.2 Å². The second kappa shape index (κ2) is 11.9. The minimum atomic E-state index is -0.652. The van der Waals surface area contributed by atoms with Crippen LogP contribution in [0.2, 0.25) is 10.0 Å². The molecular weight excluding hydrogens is 505 g/mol. The van der Waals surface area contributed by atoms with Gasteiger partial charge in [0.25, 0.3) is 5.56 Å². The van der Waals surface area contributed by atoms with Gasteiger partial charge in [0, 0.05) is 34.8 Å². The highest BCUT2D eigenvalue weighted by Gasteiger charge is 2.38. The lowest BCUT2D eigenvalue weighted by molar-refractivity contribution is -0.121. The average molecular weight is 532 g/mol. The van der Waals surface area contributed by atoms with Crippen LogP contribution in [0.5, 0.6) is 0 Å². The second-order valence-corrected chi connectivity index (χ2v) is 9.37. The number of amides is 1. The number of nitrogens with one attached hydrogen (secondary N) is 2. The Morgan fingerprint density at radius 1 is 1.14 bits per heavy atom. The lowest BCUT2D eigenvalue weighted by atomic mass is 10.1. The molecule has 0 saturated carbocycles. The predicted octanol–water partition coefficient (Wildman–Crippen LogP) is 3.64. The largest absolute Gasteiger partial charge is 0.371 e. The Balaban J connectivity index is 1.48. The van der Waals surface area contributed by atoms with Crippen molar-refractivity contribution >= 4 is 29.1 Å². The molecule has 0 bridgehead atoms. The highest BCUT2D eigenvalue weighted by Crippen LogP contribution is 2.30. The second-order valence-electron chi connectivity index (χ2n) is 8.56. The number of hydrogen-bond acceptors (Lipinski definition) is 5. The molecule has 0 aliphatic carbocycles. The predicted molar refractivity (Wildman–Crippen MR) is 137 cm³/mol. The van der Waals surface area contributed by atoms with E-state index in [1.807, 2.05) is 37.3 Å². The Morgan fingerprint density at radius 3 is 2.56 bits per heavy atom. The summed E-state index contributed by atoms with van der Waals surface area (Å²) >= 11 is 12.4. The van der Waals surface area contributed by atoms with E-state index in [0.29, 0.717) is 40.6 Å². The molecule has 1 aliphatic rings. The number of rotatable bonds is 9. The molecule has 36 heavy (non-hydrogen) atoms. The Labute approximate surface area is 218 Å². The van der Waals surface area contributed by atoms with Crippen molar-refractivity contribution in [2.45, 2.75) is 51.2 Å². The lowest BCUT2D eigenvalue weighted by Crippen LogP contribution is -2.39. The smallest absolute Gasteiger partial charge is 0.330 e. The SMILES string of the molecule is CCc1cn([C@@H]2CC(OCc3ccccc3)[C@H](CNC(=O)Cc3c(Cl)cccc3Cl)O2)c(=O)[nH]c1=O. The minimum Gasteiger partial charge on any atom is -0.371 e. The maximum atomic E-state index is 12.7. The average Bonchev–Trinajstić information content (AvgIpc) is 3.27. The monoisotopic (exact) mass is 531 g/mol. The van der Waals surface area contributed by atoms with E-state index < -0.39 is 29.7 Å². The summed E-state index contributed by atoms with van der Waals surface area (Å²) in [6.45, 7) is 2.35. The number of nitrogens with zero attached hydrogens (tertiary/aromatic N) is 1. The van der Waals surface area contributed by atoms with Crippen LogP contribution in [0.1, 0.15) is 36.3 Å². The maximum Gasteiger partial charge on any atom is 0.330 e. The molecule has 0 radical (unpaired) electrons. The number of halogens is 2. The van der Waals surface area contributed by atoms with Gasteiger partial charge in [-0.3, -0.25) is 19.1 Å². The molecule has 1 fully saturated rings. The van der Waals surface area contributed by atoms with E-state index in [4.69, 9.17) is 32.7 Å². The van der Waals surface area contributed by atoms with Crippen molar-refractivity contribution < 1.29 is 14.3 Å². The summed E-state index contributed by atoms with van der Waals surface area (Å²) in [5.74, 6) is -0.270. The van der Waals surface area contributed by atoms with Crippen LogP contribution in [0.3, 0.4) is 0 Å². The van der Waals surface area contributed by atoms with Gasteiger partial charge >= 0.3 is 5.69 Å². The van der Waals surface area contributed by atoms with Gasteiger partial charge in [-0.1, -0.05) is 66.5 Å². The van der Waals surface area contributed by atoms with Crippen molar-refractivity contribution in [3.63, 3.8) is 0 Å². The van der Waals surface area contributed by atoms with Crippen LogP contribution in [-0.4, -0.2) is 34.2 Å². The number of benzene rings is 2. The first-order chi connectivity index (χ1) is 17.4. The minimum absolute atomic E-state index is 0.0173. The first-order valence-electron chi connectivity index (χ1n) is 11.7. The van der Waals surface area contributed by atoms with E-state index in [9.17, 15) is 14.4 Å². The summed E-state index contributed by atoms with van der Waals surface area (Å²) in [5, 5.41) is 3.71. The summed E-state index contributed by atoms with van der Waals surface area (Å²) < 4.78 is 13.7. The molecule has 1 aliphatic heterocycles. The van der Waals surface area contributed by atoms with Crippen molar-refractivity contribution in [2.24, 2.45) is 0 Å². The molecule has 8 nitrogen and oxygen atoms in total. The van der Waals surface area contributed by atoms with Gasteiger partial charge in [-0.05, 0) is 29.7 Å². The molecule has 1 unspecified atom stereocenters. The normalized spacial score (nSPS) is 19.4. The van der Waals surface area contributed by atoms with Crippen molar-refractivity contribution in [3.05, 3.63) is 102 Å². The van der Waals surface area contributed by atoms with Crippen LogP contribution in [0, 0.1) is 0 Å². The van der Waals surface area contributed by atoms with E-state index in [2.05, 4.69) is 10.3 Å². The highest BCUT2D eigenvalue weighted by molar-refractivity contribution is 6.36. The van der Waals surface area contributed by atoms with Crippen molar-refractivity contribution in [1.82, 2.24) is 14.9 Å². The molecule has 1 aromatic heterocycles. The molecule has 3 aromatic rings. The van der Waals surface area contributed by atoms with Gasteiger partial charge in [-0.2, -0.15) is 0 Å². The van der Waals surface area contributed by atoms with E-state index >= 15 is 0 Å². The summed E-state index contributed by atoms with van der Waals surface area (Å²) in [7, 11) is 0. The molecule has 190 valence electrons. The Hall–Kier alpha value is -2.91. The zero-order valence-corrected chi connectivity index (χ0v) is 21.2. The standard InChI is InChI=1S/C26H27Cl2N3O5/c1-2-17-14-31(26(34)30-25(17)33)24-12-21(35-15-16-7-4-3-5-8-16)22(36-24)13-29-23(32)11-18-19(27)9-6-10-20(18)28/h3-10,14,21-22,24H,2,11-13,15H2,1H3,(H,29,32)(H,30,33,34)/t21?,22-,24-/m0/s1. The molecule has 10 heteroatoms. The number of carbonyl (C=O) groups excluding carboxylic acids is 1. The first kappa shape index (κ1) is 26.2. The molecule has 0 spiro atoms. The van der Waals surface area contributed by atoms with Crippen LogP contribution < -0.4 is 16.6 Å². The van der Waals surface area contributed by atoms with E-state index in [1.165, 1.54) is 10.8 Å². The molecule has 3 atom stereocenters. The Bertz CT molecular complexity index is 1300. The molecule has 2 N–H and O–H groups in total. The quantitative estimate of drug-likeness (QED) is 0.438. The molecule has 1 saturated heterocycles. The zero-order valence-electron chi connectivity index (χ0n) is 19.7. The number of ether oxygens (including phenoxy) is 2. The fourth-order valence-corrected chi connectivity index (χ4v) is 4.67. The molecule has 2 aromatic carbocycles. The van der Waals surface area contributed by atoms with Gasteiger partial charge in [0.1, 0.15) is 12.3 Å². The number of hydrogen-bond donors (Lipinski definition) is 2. The molecule has 1 amide bonds. The van der Waals surface area contributed by atoms with Gasteiger partial charge in [-0.25, -0.2) is 4.79 Å². The van der Waals surface area contributed by atoms with Crippen LogP contribution in [0.4, 0.5) is 0 Å². The summed E-state index contributed by atoms with van der Waals surface area (Å²) in [4.78, 5) is 39.5. The van der Waals surface area contributed by atoms with Crippen molar-refractivity contribution in [2.75, 3.05) is 6.54 Å². The maximum absolute atomic E-state index is 12.7. The van der Waals surface area contributed by atoms with Gasteiger partial charge in [-0.15, -0.1) is 0 Å². The number of aromatic nitrogens is 2. The number of aromatic amines is 1. The zero-order chi connectivity index (χ0) is 25.7. The fourth-order valence-electron chi connectivity index (χ4n) is 4.14. The van der Waals surface area contributed by atoms with Crippen LogP contribution in [0.25, 0.3) is 0 Å². The first-order valence-corrected chi connectivity index (χ1v) is 12.5. The Kier molecular flexibility index (Phi) is 8.64. The number of aryl methyl sites for hydroxylation is 1. The third-order valence-corrected chi connectivity index (χ3v) is 6.83. The Morgan fingerprint density at radius 2 is 1.86 bits per heavy atom. The van der Waals surface area contributed by atoms with Crippen LogP contribution in [0.15, 0.2) is 64.3 Å². The highest BCUT2D eigenvalue weighted by atomic mass is 35.5. The van der Waals surface area contributed by atoms with Gasteiger partial charge < -0.3 is 14.8 Å².